The first-order chi connectivity index (χ1) is 11.9. The Labute approximate surface area is 142 Å². The molecule has 3 rings (SSSR count). The molecule has 0 fully saturated rings. The fraction of sp³-hybridized carbons (Fsp3) is 0.111. The van der Waals surface area contributed by atoms with Gasteiger partial charge in [-0.3, -0.25) is 4.79 Å². The number of aromatic hydroxyl groups is 3. The number of ether oxygens (including phenoxy) is 1. The number of fused-ring (bicyclic) bond motifs is 1. The standard InChI is InChI=1S/C18H15NO6/c1-2-25-18(24)19-12-7-8-14(21)17(23)16(12)15(22)9-13(19)10-3-5-11(20)6-4-10/h3-9,20-21,23H,2H2,1H3. The summed E-state index contributed by atoms with van der Waals surface area (Å²) in [7, 11) is 0. The first-order valence-electron chi connectivity index (χ1n) is 7.51. The maximum atomic E-state index is 12.5. The molecule has 0 spiro atoms. The largest absolute Gasteiger partial charge is 0.508 e. The molecule has 3 aromatic rings. The van der Waals surface area contributed by atoms with Crippen LogP contribution in [0.15, 0.2) is 47.3 Å². The van der Waals surface area contributed by atoms with E-state index in [-0.39, 0.29) is 29.0 Å². The van der Waals surface area contributed by atoms with E-state index in [1.54, 1.807) is 19.1 Å². The lowest BCUT2D eigenvalue weighted by atomic mass is 10.1. The molecule has 3 N–H and O–H groups in total. The van der Waals surface area contributed by atoms with Crippen LogP contribution in [-0.2, 0) is 4.74 Å². The van der Waals surface area contributed by atoms with Crippen molar-refractivity contribution in [3.05, 3.63) is 52.7 Å². The number of carbonyl (C=O) groups is 1. The van der Waals surface area contributed by atoms with Gasteiger partial charge in [0.15, 0.2) is 16.9 Å². The molecule has 0 aliphatic carbocycles. The number of phenolic OH excluding ortho intramolecular Hbond substituents is 3. The van der Waals surface area contributed by atoms with Crippen LogP contribution in [0.2, 0.25) is 0 Å². The van der Waals surface area contributed by atoms with Crippen molar-refractivity contribution < 1.29 is 24.9 Å². The van der Waals surface area contributed by atoms with Crippen molar-refractivity contribution in [1.29, 1.82) is 0 Å². The number of hydrogen-bond donors (Lipinski definition) is 3. The van der Waals surface area contributed by atoms with Gasteiger partial charge in [-0.05, 0) is 48.9 Å². The minimum absolute atomic E-state index is 0.0390. The lowest BCUT2D eigenvalue weighted by Crippen LogP contribution is -2.20. The SMILES string of the molecule is CCOC(=O)n1c(-c2ccc(O)cc2)cc(=O)c2c(O)c(O)ccc21. The number of nitrogens with zero attached hydrogens (tertiary/aromatic N) is 1. The average Bonchev–Trinajstić information content (AvgIpc) is 2.58. The molecule has 0 aliphatic rings. The molecule has 0 atom stereocenters. The predicted octanol–water partition coefficient (Wildman–Crippen LogP) is 2.79. The van der Waals surface area contributed by atoms with Crippen molar-refractivity contribution in [1.82, 2.24) is 4.57 Å². The monoisotopic (exact) mass is 341 g/mol. The second-order valence-corrected chi connectivity index (χ2v) is 5.30. The van der Waals surface area contributed by atoms with Gasteiger partial charge in [0.05, 0.1) is 23.2 Å². The van der Waals surface area contributed by atoms with E-state index in [1.165, 1.54) is 30.3 Å². The van der Waals surface area contributed by atoms with E-state index in [1.807, 2.05) is 0 Å². The van der Waals surface area contributed by atoms with Crippen molar-refractivity contribution in [2.75, 3.05) is 6.61 Å². The average molecular weight is 341 g/mol. The van der Waals surface area contributed by atoms with E-state index in [0.29, 0.717) is 5.56 Å². The van der Waals surface area contributed by atoms with Crippen LogP contribution in [0.5, 0.6) is 17.2 Å². The van der Waals surface area contributed by atoms with E-state index in [0.717, 1.165) is 4.57 Å². The van der Waals surface area contributed by atoms with Crippen LogP contribution in [0.4, 0.5) is 4.79 Å². The van der Waals surface area contributed by atoms with Gasteiger partial charge in [-0.25, -0.2) is 9.36 Å². The van der Waals surface area contributed by atoms with Crippen LogP contribution >= 0.6 is 0 Å². The molecule has 0 bridgehead atoms. The molecule has 0 unspecified atom stereocenters. The van der Waals surface area contributed by atoms with Gasteiger partial charge in [0, 0.05) is 6.07 Å². The Morgan fingerprint density at radius 3 is 2.40 bits per heavy atom. The summed E-state index contributed by atoms with van der Waals surface area (Å²) >= 11 is 0. The quantitative estimate of drug-likeness (QED) is 0.619. The number of pyridine rings is 1. The Balaban J connectivity index is 2.42. The number of hydrogen-bond acceptors (Lipinski definition) is 6. The minimum atomic E-state index is -0.735. The molecule has 2 aromatic carbocycles. The number of phenols is 3. The summed E-state index contributed by atoms with van der Waals surface area (Å²) in [4.78, 5) is 24.9. The second kappa shape index (κ2) is 6.20. The summed E-state index contributed by atoms with van der Waals surface area (Å²) in [5, 5.41) is 28.9. The molecule has 0 radical (unpaired) electrons. The van der Waals surface area contributed by atoms with E-state index < -0.39 is 23.0 Å². The summed E-state index contributed by atoms with van der Waals surface area (Å²) in [6.45, 7) is 1.76. The zero-order valence-electron chi connectivity index (χ0n) is 13.3. The van der Waals surface area contributed by atoms with Crippen molar-refractivity contribution in [3.63, 3.8) is 0 Å². The van der Waals surface area contributed by atoms with Crippen LogP contribution in [0.1, 0.15) is 6.92 Å². The topological polar surface area (TPSA) is 109 Å². The van der Waals surface area contributed by atoms with Crippen LogP contribution in [-0.4, -0.2) is 32.6 Å². The highest BCUT2D eigenvalue weighted by Crippen LogP contribution is 2.33. The van der Waals surface area contributed by atoms with E-state index in [4.69, 9.17) is 4.74 Å². The molecule has 0 saturated heterocycles. The Bertz CT molecular complexity index is 1020. The molecule has 128 valence electrons. The zero-order valence-corrected chi connectivity index (χ0v) is 13.3. The molecule has 7 nitrogen and oxygen atoms in total. The third-order valence-electron chi connectivity index (χ3n) is 3.74. The molecule has 1 heterocycles. The number of rotatable bonds is 2. The summed E-state index contributed by atoms with van der Waals surface area (Å²) in [6, 6.07) is 9.66. The van der Waals surface area contributed by atoms with Gasteiger partial charge in [0.2, 0.25) is 0 Å². The number of aromatic nitrogens is 1. The molecule has 1 aromatic heterocycles. The Morgan fingerprint density at radius 2 is 1.76 bits per heavy atom. The molecule has 25 heavy (non-hydrogen) atoms. The molecule has 0 amide bonds. The van der Waals surface area contributed by atoms with Crippen molar-refractivity contribution >= 4 is 17.0 Å². The van der Waals surface area contributed by atoms with Crippen molar-refractivity contribution in [3.8, 4) is 28.5 Å². The highest BCUT2D eigenvalue weighted by Gasteiger charge is 2.20. The van der Waals surface area contributed by atoms with Gasteiger partial charge in [-0.1, -0.05) is 0 Å². The lowest BCUT2D eigenvalue weighted by molar-refractivity contribution is 0.155. The maximum absolute atomic E-state index is 12.5. The Hall–Kier alpha value is -3.48. The van der Waals surface area contributed by atoms with E-state index in [9.17, 15) is 24.9 Å². The summed E-state index contributed by atoms with van der Waals surface area (Å²) in [5.41, 5.74) is 0.273. The van der Waals surface area contributed by atoms with E-state index >= 15 is 0 Å². The smallest absolute Gasteiger partial charge is 0.418 e. The molecule has 0 saturated carbocycles. The lowest BCUT2D eigenvalue weighted by Gasteiger charge is -2.16. The Kier molecular flexibility index (Phi) is 4.06. The fourth-order valence-electron chi connectivity index (χ4n) is 2.62. The molecular weight excluding hydrogens is 326 g/mol. The van der Waals surface area contributed by atoms with Crippen LogP contribution in [0, 0.1) is 0 Å². The molecule has 7 heteroatoms. The van der Waals surface area contributed by atoms with Crippen LogP contribution in [0.3, 0.4) is 0 Å². The maximum Gasteiger partial charge on any atom is 0.418 e. The summed E-state index contributed by atoms with van der Waals surface area (Å²) < 4.78 is 6.20. The predicted molar refractivity (Wildman–Crippen MR) is 91.1 cm³/mol. The normalized spacial score (nSPS) is 10.8. The minimum Gasteiger partial charge on any atom is -0.508 e. The third-order valence-corrected chi connectivity index (χ3v) is 3.74. The third kappa shape index (κ3) is 2.76. The van der Waals surface area contributed by atoms with Gasteiger partial charge in [0.1, 0.15) is 5.75 Å². The van der Waals surface area contributed by atoms with Crippen molar-refractivity contribution in [2.45, 2.75) is 6.92 Å². The van der Waals surface area contributed by atoms with Gasteiger partial charge >= 0.3 is 6.09 Å². The summed E-state index contributed by atoms with van der Waals surface area (Å²) in [6.07, 6.45) is -0.735. The highest BCUT2D eigenvalue weighted by molar-refractivity contribution is 5.96. The highest BCUT2D eigenvalue weighted by atomic mass is 16.5. The van der Waals surface area contributed by atoms with Crippen LogP contribution in [0.25, 0.3) is 22.2 Å². The number of benzene rings is 2. The second-order valence-electron chi connectivity index (χ2n) is 5.30. The van der Waals surface area contributed by atoms with Crippen molar-refractivity contribution in [2.24, 2.45) is 0 Å². The van der Waals surface area contributed by atoms with E-state index in [2.05, 4.69) is 0 Å². The van der Waals surface area contributed by atoms with Gasteiger partial charge in [0.25, 0.3) is 0 Å². The van der Waals surface area contributed by atoms with Gasteiger partial charge < -0.3 is 20.1 Å². The first kappa shape index (κ1) is 16.4. The summed E-state index contributed by atoms with van der Waals surface area (Å²) in [5.74, 6) is -1.02. The molecular formula is C18H15NO6. The fourth-order valence-corrected chi connectivity index (χ4v) is 2.62. The first-order valence-corrected chi connectivity index (χ1v) is 7.51. The van der Waals surface area contributed by atoms with Gasteiger partial charge in [-0.15, -0.1) is 0 Å². The van der Waals surface area contributed by atoms with Gasteiger partial charge in [-0.2, -0.15) is 0 Å². The number of carbonyl (C=O) groups excluding carboxylic acids is 1. The zero-order chi connectivity index (χ0) is 18.1. The molecule has 0 aliphatic heterocycles. The Morgan fingerprint density at radius 1 is 1.08 bits per heavy atom. The van der Waals surface area contributed by atoms with Crippen LogP contribution < -0.4 is 5.43 Å².